The fraction of sp³-hybridized carbons (Fsp3) is 0.409. The normalized spacial score (nSPS) is 12.7. The molecule has 0 aliphatic heterocycles. The largest absolute Gasteiger partial charge is 0.352 e. The second-order valence-corrected chi connectivity index (χ2v) is 12.5. The van der Waals surface area contributed by atoms with E-state index in [0.29, 0.717) is 6.42 Å². The highest BCUT2D eigenvalue weighted by molar-refractivity contribution is 7.89. The van der Waals surface area contributed by atoms with Gasteiger partial charge >= 0.3 is 0 Å². The zero-order valence-electron chi connectivity index (χ0n) is 19.0. The van der Waals surface area contributed by atoms with Gasteiger partial charge in [0.2, 0.25) is 26.0 Å². The minimum Gasteiger partial charge on any atom is -0.352 e. The van der Waals surface area contributed by atoms with E-state index in [0.717, 1.165) is 15.4 Å². The Bertz CT molecular complexity index is 1130. The van der Waals surface area contributed by atoms with Crippen molar-refractivity contribution in [3.63, 3.8) is 0 Å². The van der Waals surface area contributed by atoms with Crippen molar-refractivity contribution in [3.05, 3.63) is 59.7 Å². The van der Waals surface area contributed by atoms with E-state index in [1.165, 1.54) is 38.4 Å². The quantitative estimate of drug-likeness (QED) is 0.571. The van der Waals surface area contributed by atoms with E-state index < -0.39 is 25.6 Å². The molecule has 0 saturated carbocycles. The number of hydrogen-bond donors (Lipinski definition) is 2. The van der Waals surface area contributed by atoms with Gasteiger partial charge in [-0.1, -0.05) is 24.3 Å². The summed E-state index contributed by atoms with van der Waals surface area (Å²) in [5, 5.41) is 2.81. The van der Waals surface area contributed by atoms with Crippen molar-refractivity contribution in [2.75, 3.05) is 14.1 Å². The van der Waals surface area contributed by atoms with Crippen LogP contribution < -0.4 is 10.0 Å². The molecular formula is C22H31N3O5S2. The Labute approximate surface area is 191 Å². The van der Waals surface area contributed by atoms with Crippen LogP contribution >= 0.6 is 0 Å². The fourth-order valence-electron chi connectivity index (χ4n) is 2.83. The smallest absolute Gasteiger partial charge is 0.242 e. The lowest BCUT2D eigenvalue weighted by Crippen LogP contribution is -2.40. The van der Waals surface area contributed by atoms with Gasteiger partial charge in [-0.2, -0.15) is 0 Å². The summed E-state index contributed by atoms with van der Waals surface area (Å²) in [7, 11) is -4.13. The first-order chi connectivity index (χ1) is 14.7. The number of rotatable bonds is 9. The molecule has 0 unspecified atom stereocenters. The van der Waals surface area contributed by atoms with Crippen molar-refractivity contribution in [1.29, 1.82) is 0 Å². The molecule has 2 N–H and O–H groups in total. The number of carbonyl (C=O) groups is 1. The van der Waals surface area contributed by atoms with Crippen molar-refractivity contribution in [2.45, 2.75) is 55.5 Å². The van der Waals surface area contributed by atoms with Gasteiger partial charge in [0.15, 0.2) is 0 Å². The maximum absolute atomic E-state index is 12.3. The lowest BCUT2D eigenvalue weighted by Gasteiger charge is -2.20. The number of sulfonamides is 2. The van der Waals surface area contributed by atoms with E-state index in [1.807, 2.05) is 0 Å². The molecule has 0 saturated heterocycles. The van der Waals surface area contributed by atoms with E-state index >= 15 is 0 Å². The molecule has 32 heavy (non-hydrogen) atoms. The molecule has 0 radical (unpaired) electrons. The second-order valence-electron chi connectivity index (χ2n) is 8.71. The third-order valence-corrected chi connectivity index (χ3v) is 8.11. The van der Waals surface area contributed by atoms with Crippen LogP contribution in [0.5, 0.6) is 0 Å². The van der Waals surface area contributed by atoms with Gasteiger partial charge in [-0.25, -0.2) is 25.9 Å². The summed E-state index contributed by atoms with van der Waals surface area (Å²) in [5.41, 5.74) is 1.07. The lowest BCUT2D eigenvalue weighted by molar-refractivity contribution is -0.121. The molecule has 0 fully saturated rings. The molecule has 176 valence electrons. The first-order valence-electron chi connectivity index (χ1n) is 10.1. The molecule has 10 heteroatoms. The topological polar surface area (TPSA) is 113 Å². The minimum atomic E-state index is -3.59. The monoisotopic (exact) mass is 481 g/mol. The van der Waals surface area contributed by atoms with Crippen LogP contribution in [0.2, 0.25) is 0 Å². The molecule has 0 bridgehead atoms. The Kier molecular flexibility index (Phi) is 8.22. The SMILES string of the molecule is CN(C)S(=O)(=O)c1ccc(CNC(=O)CCc2ccc(S(=O)(=O)NC(C)(C)C)cc2)cc1. The average molecular weight is 482 g/mol. The highest BCUT2D eigenvalue weighted by Gasteiger charge is 2.21. The number of nitrogens with zero attached hydrogens (tertiary/aromatic N) is 1. The predicted octanol–water partition coefficient (Wildman–Crippen LogP) is 2.26. The standard InChI is InChI=1S/C22H31N3O5S2/c1-22(2,3)24-31(27,28)19-11-6-17(7-12-19)10-15-21(26)23-16-18-8-13-20(14-9-18)32(29,30)25(4)5/h6-9,11-14,24H,10,15-16H2,1-5H3,(H,23,26). The van der Waals surface area contributed by atoms with Gasteiger partial charge in [0.1, 0.15) is 0 Å². The van der Waals surface area contributed by atoms with Gasteiger partial charge in [-0.05, 0) is 62.6 Å². The molecule has 0 atom stereocenters. The van der Waals surface area contributed by atoms with Crippen LogP contribution in [0, 0.1) is 0 Å². The molecular weight excluding hydrogens is 450 g/mol. The van der Waals surface area contributed by atoms with Crippen molar-refractivity contribution in [2.24, 2.45) is 0 Å². The Morgan fingerprint density at radius 1 is 0.844 bits per heavy atom. The van der Waals surface area contributed by atoms with Gasteiger partial charge in [-0.3, -0.25) is 4.79 Å². The highest BCUT2D eigenvalue weighted by atomic mass is 32.2. The van der Waals surface area contributed by atoms with Gasteiger partial charge in [0, 0.05) is 32.6 Å². The number of amides is 1. The molecule has 0 heterocycles. The zero-order valence-corrected chi connectivity index (χ0v) is 20.7. The van der Waals surface area contributed by atoms with E-state index in [1.54, 1.807) is 45.0 Å². The molecule has 0 spiro atoms. The summed E-state index contributed by atoms with van der Waals surface area (Å²) in [6.45, 7) is 5.61. The second kappa shape index (κ2) is 10.1. The third kappa shape index (κ3) is 7.40. The Hall–Kier alpha value is -2.27. The summed E-state index contributed by atoms with van der Waals surface area (Å²) in [5.74, 6) is -0.152. The summed E-state index contributed by atoms with van der Waals surface area (Å²) in [6, 6.07) is 12.8. The van der Waals surface area contributed by atoms with Gasteiger partial charge in [0.25, 0.3) is 0 Å². The summed E-state index contributed by atoms with van der Waals surface area (Å²) < 4.78 is 52.6. The highest BCUT2D eigenvalue weighted by Crippen LogP contribution is 2.16. The van der Waals surface area contributed by atoms with E-state index in [4.69, 9.17) is 0 Å². The number of nitrogens with one attached hydrogen (secondary N) is 2. The predicted molar refractivity (Wildman–Crippen MR) is 124 cm³/mol. The number of aryl methyl sites for hydroxylation is 1. The number of hydrogen-bond acceptors (Lipinski definition) is 5. The minimum absolute atomic E-state index is 0.152. The van der Waals surface area contributed by atoms with Crippen molar-refractivity contribution in [3.8, 4) is 0 Å². The van der Waals surface area contributed by atoms with Crippen LogP contribution in [0.3, 0.4) is 0 Å². The van der Waals surface area contributed by atoms with Gasteiger partial charge < -0.3 is 5.32 Å². The average Bonchev–Trinajstić information content (AvgIpc) is 2.69. The van der Waals surface area contributed by atoms with E-state index in [9.17, 15) is 21.6 Å². The maximum atomic E-state index is 12.3. The molecule has 2 rings (SSSR count). The Morgan fingerprint density at radius 2 is 1.34 bits per heavy atom. The van der Waals surface area contributed by atoms with E-state index in [2.05, 4.69) is 10.0 Å². The summed E-state index contributed by atoms with van der Waals surface area (Å²) in [6.07, 6.45) is 0.721. The molecule has 8 nitrogen and oxygen atoms in total. The summed E-state index contributed by atoms with van der Waals surface area (Å²) in [4.78, 5) is 12.5. The molecule has 0 aliphatic rings. The summed E-state index contributed by atoms with van der Waals surface area (Å²) >= 11 is 0. The van der Waals surface area contributed by atoms with Crippen molar-refractivity contribution >= 4 is 26.0 Å². The van der Waals surface area contributed by atoms with Crippen molar-refractivity contribution < 1.29 is 21.6 Å². The molecule has 1 amide bonds. The Morgan fingerprint density at radius 3 is 1.84 bits per heavy atom. The maximum Gasteiger partial charge on any atom is 0.242 e. The van der Waals surface area contributed by atoms with Crippen LogP contribution in [0.4, 0.5) is 0 Å². The van der Waals surface area contributed by atoms with Crippen LogP contribution in [0.25, 0.3) is 0 Å². The fourth-order valence-corrected chi connectivity index (χ4v) is 5.15. The van der Waals surface area contributed by atoms with Gasteiger partial charge in [0.05, 0.1) is 9.79 Å². The third-order valence-electron chi connectivity index (χ3n) is 4.51. The van der Waals surface area contributed by atoms with Crippen LogP contribution in [-0.2, 0) is 37.8 Å². The zero-order chi connectivity index (χ0) is 24.2. The number of carbonyl (C=O) groups excluding carboxylic acids is 1. The van der Waals surface area contributed by atoms with Crippen LogP contribution in [-0.4, -0.2) is 46.7 Å². The first kappa shape index (κ1) is 26.0. The van der Waals surface area contributed by atoms with Gasteiger partial charge in [-0.15, -0.1) is 0 Å². The molecule has 2 aromatic carbocycles. The van der Waals surface area contributed by atoms with Crippen LogP contribution in [0.1, 0.15) is 38.3 Å². The molecule has 0 aliphatic carbocycles. The van der Waals surface area contributed by atoms with Crippen molar-refractivity contribution in [1.82, 2.24) is 14.3 Å². The van der Waals surface area contributed by atoms with Crippen LogP contribution in [0.15, 0.2) is 58.3 Å². The number of benzene rings is 2. The first-order valence-corrected chi connectivity index (χ1v) is 13.0. The van der Waals surface area contributed by atoms with E-state index in [-0.39, 0.29) is 28.7 Å². The Balaban J connectivity index is 1.87. The lowest BCUT2D eigenvalue weighted by atomic mass is 10.1. The molecule has 0 aromatic heterocycles. The molecule has 2 aromatic rings.